The van der Waals surface area contributed by atoms with Gasteiger partial charge in [0.15, 0.2) is 0 Å². The van der Waals surface area contributed by atoms with E-state index in [0.717, 1.165) is 57.0 Å². The molecule has 0 aromatic heterocycles. The monoisotopic (exact) mass is 317 g/mol. The number of likely N-dealkylation sites (tertiary alicyclic amines) is 1. The van der Waals surface area contributed by atoms with Crippen LogP contribution in [0.2, 0.25) is 0 Å². The van der Waals surface area contributed by atoms with Gasteiger partial charge in [-0.2, -0.15) is 0 Å². The second kappa shape index (κ2) is 7.32. The summed E-state index contributed by atoms with van der Waals surface area (Å²) in [4.78, 5) is 17.4. The summed E-state index contributed by atoms with van der Waals surface area (Å²) >= 11 is 0. The standard InChI is InChI=1S/C18H27N3O2/c1-14(15-3-5-17(23-2)6-4-15)18(22)21-10-7-16(13-21)20-11-8-19-9-12-20/h3-6,14,16,19H,7-13H2,1-2H3. The van der Waals surface area contributed by atoms with Crippen LogP contribution in [0.4, 0.5) is 0 Å². The number of benzene rings is 1. The van der Waals surface area contributed by atoms with Crippen LogP contribution >= 0.6 is 0 Å². The van der Waals surface area contributed by atoms with Crippen molar-refractivity contribution in [2.75, 3.05) is 46.4 Å². The number of carbonyl (C=O) groups excluding carboxylic acids is 1. The van der Waals surface area contributed by atoms with Gasteiger partial charge in [0.2, 0.25) is 5.91 Å². The van der Waals surface area contributed by atoms with Gasteiger partial charge >= 0.3 is 0 Å². The van der Waals surface area contributed by atoms with Gasteiger partial charge in [-0.3, -0.25) is 9.69 Å². The summed E-state index contributed by atoms with van der Waals surface area (Å²) in [5.41, 5.74) is 1.06. The molecule has 0 aliphatic carbocycles. The van der Waals surface area contributed by atoms with Gasteiger partial charge in [0.1, 0.15) is 5.75 Å². The van der Waals surface area contributed by atoms with Crippen molar-refractivity contribution in [3.8, 4) is 5.75 Å². The van der Waals surface area contributed by atoms with E-state index in [1.807, 2.05) is 36.1 Å². The average Bonchev–Trinajstić information content (AvgIpc) is 3.11. The second-order valence-electron chi connectivity index (χ2n) is 6.51. The van der Waals surface area contributed by atoms with E-state index < -0.39 is 0 Å². The third-order valence-corrected chi connectivity index (χ3v) is 5.13. The van der Waals surface area contributed by atoms with Crippen LogP contribution in [0.5, 0.6) is 5.75 Å². The first-order valence-electron chi connectivity index (χ1n) is 8.56. The Morgan fingerprint density at radius 3 is 2.57 bits per heavy atom. The lowest BCUT2D eigenvalue weighted by Gasteiger charge is -2.32. The zero-order valence-electron chi connectivity index (χ0n) is 14.1. The molecule has 5 heteroatoms. The third-order valence-electron chi connectivity index (χ3n) is 5.13. The van der Waals surface area contributed by atoms with Gasteiger partial charge in [-0.05, 0) is 31.0 Å². The van der Waals surface area contributed by atoms with Crippen molar-refractivity contribution in [2.45, 2.75) is 25.3 Å². The van der Waals surface area contributed by atoms with Gasteiger partial charge in [0.05, 0.1) is 13.0 Å². The topological polar surface area (TPSA) is 44.8 Å². The Morgan fingerprint density at radius 2 is 1.91 bits per heavy atom. The molecule has 2 aliphatic heterocycles. The predicted molar refractivity (Wildman–Crippen MR) is 90.8 cm³/mol. The van der Waals surface area contributed by atoms with Gasteiger partial charge in [0, 0.05) is 45.3 Å². The smallest absolute Gasteiger partial charge is 0.229 e. The number of carbonyl (C=O) groups is 1. The van der Waals surface area contributed by atoms with Crippen LogP contribution in [0, 0.1) is 0 Å². The molecule has 23 heavy (non-hydrogen) atoms. The first-order chi connectivity index (χ1) is 11.2. The maximum Gasteiger partial charge on any atom is 0.229 e. The van der Waals surface area contributed by atoms with Crippen LogP contribution in [0.15, 0.2) is 24.3 Å². The first-order valence-corrected chi connectivity index (χ1v) is 8.56. The highest BCUT2D eigenvalue weighted by atomic mass is 16.5. The van der Waals surface area contributed by atoms with Crippen molar-refractivity contribution >= 4 is 5.91 Å². The van der Waals surface area contributed by atoms with E-state index in [1.165, 1.54) is 0 Å². The Balaban J connectivity index is 1.59. The first kappa shape index (κ1) is 16.3. The number of ether oxygens (including phenoxy) is 1. The van der Waals surface area contributed by atoms with E-state index in [4.69, 9.17) is 4.74 Å². The summed E-state index contributed by atoms with van der Waals surface area (Å²) in [6.07, 6.45) is 1.10. The highest BCUT2D eigenvalue weighted by Gasteiger charge is 2.32. The van der Waals surface area contributed by atoms with Gasteiger partial charge in [-0.15, -0.1) is 0 Å². The summed E-state index contributed by atoms with van der Waals surface area (Å²) in [6, 6.07) is 8.36. The lowest BCUT2D eigenvalue weighted by atomic mass is 10.00. The van der Waals surface area contributed by atoms with E-state index in [1.54, 1.807) is 7.11 Å². The van der Waals surface area contributed by atoms with Crippen LogP contribution in [0.1, 0.15) is 24.8 Å². The third kappa shape index (κ3) is 3.67. The Bertz CT molecular complexity index is 526. The van der Waals surface area contributed by atoms with E-state index in [9.17, 15) is 4.79 Å². The zero-order valence-corrected chi connectivity index (χ0v) is 14.1. The van der Waals surface area contributed by atoms with E-state index in [0.29, 0.717) is 6.04 Å². The van der Waals surface area contributed by atoms with Crippen LogP contribution < -0.4 is 10.1 Å². The molecular formula is C18H27N3O2. The summed E-state index contributed by atoms with van der Waals surface area (Å²) < 4.78 is 5.18. The van der Waals surface area contributed by atoms with Crippen LogP contribution in [0.3, 0.4) is 0 Å². The molecule has 3 rings (SSSR count). The van der Waals surface area contributed by atoms with E-state index in [-0.39, 0.29) is 11.8 Å². The molecular weight excluding hydrogens is 290 g/mol. The molecule has 2 atom stereocenters. The van der Waals surface area contributed by atoms with Gasteiger partial charge in [-0.1, -0.05) is 12.1 Å². The highest BCUT2D eigenvalue weighted by Crippen LogP contribution is 2.24. The van der Waals surface area contributed by atoms with Crippen molar-refractivity contribution in [2.24, 2.45) is 0 Å². The molecule has 2 fully saturated rings. The van der Waals surface area contributed by atoms with Crippen molar-refractivity contribution in [3.05, 3.63) is 29.8 Å². The van der Waals surface area contributed by atoms with Crippen LogP contribution in [-0.4, -0.2) is 68.1 Å². The lowest BCUT2D eigenvalue weighted by molar-refractivity contribution is -0.131. The Labute approximate surface area is 138 Å². The SMILES string of the molecule is COc1ccc(C(C)C(=O)N2CCC(N3CCNCC3)C2)cc1. The lowest BCUT2D eigenvalue weighted by Crippen LogP contribution is -2.49. The minimum atomic E-state index is -0.0947. The van der Waals surface area contributed by atoms with Crippen LogP contribution in [0.25, 0.3) is 0 Å². The molecule has 1 aromatic carbocycles. The van der Waals surface area contributed by atoms with Gasteiger partial charge in [0.25, 0.3) is 0 Å². The fraction of sp³-hybridized carbons (Fsp3) is 0.611. The minimum absolute atomic E-state index is 0.0947. The number of hydrogen-bond acceptors (Lipinski definition) is 4. The number of piperazine rings is 1. The molecule has 1 N–H and O–H groups in total. The van der Waals surface area contributed by atoms with Crippen molar-refractivity contribution < 1.29 is 9.53 Å². The molecule has 0 bridgehead atoms. The summed E-state index contributed by atoms with van der Waals surface area (Å²) in [7, 11) is 1.66. The molecule has 2 heterocycles. The molecule has 1 aromatic rings. The number of nitrogens with one attached hydrogen (secondary N) is 1. The number of nitrogens with zero attached hydrogens (tertiary/aromatic N) is 2. The fourth-order valence-electron chi connectivity index (χ4n) is 3.60. The number of methoxy groups -OCH3 is 1. The highest BCUT2D eigenvalue weighted by molar-refractivity contribution is 5.83. The molecule has 2 aliphatic rings. The Kier molecular flexibility index (Phi) is 5.18. The maximum atomic E-state index is 12.8. The normalized spacial score (nSPS) is 23.7. The number of hydrogen-bond donors (Lipinski definition) is 1. The summed E-state index contributed by atoms with van der Waals surface area (Å²) in [6.45, 7) is 8.08. The molecule has 126 valence electrons. The quantitative estimate of drug-likeness (QED) is 0.909. The summed E-state index contributed by atoms with van der Waals surface area (Å²) in [5.74, 6) is 0.976. The molecule has 0 spiro atoms. The predicted octanol–water partition coefficient (Wildman–Crippen LogP) is 1.30. The minimum Gasteiger partial charge on any atom is -0.497 e. The summed E-state index contributed by atoms with van der Waals surface area (Å²) in [5, 5.41) is 3.39. The van der Waals surface area contributed by atoms with E-state index in [2.05, 4.69) is 10.2 Å². The molecule has 1 amide bonds. The van der Waals surface area contributed by atoms with Gasteiger partial charge in [-0.25, -0.2) is 0 Å². The second-order valence-corrected chi connectivity index (χ2v) is 6.51. The zero-order chi connectivity index (χ0) is 16.2. The van der Waals surface area contributed by atoms with Gasteiger partial charge < -0.3 is 15.0 Å². The van der Waals surface area contributed by atoms with Crippen molar-refractivity contribution in [1.29, 1.82) is 0 Å². The molecule has 0 radical (unpaired) electrons. The Hall–Kier alpha value is -1.59. The Morgan fingerprint density at radius 1 is 1.22 bits per heavy atom. The maximum absolute atomic E-state index is 12.8. The largest absolute Gasteiger partial charge is 0.497 e. The number of rotatable bonds is 4. The van der Waals surface area contributed by atoms with Crippen molar-refractivity contribution in [1.82, 2.24) is 15.1 Å². The molecule has 0 saturated carbocycles. The fourth-order valence-corrected chi connectivity index (χ4v) is 3.60. The molecule has 2 saturated heterocycles. The average molecular weight is 317 g/mol. The van der Waals surface area contributed by atoms with Crippen LogP contribution in [-0.2, 0) is 4.79 Å². The van der Waals surface area contributed by atoms with Crippen molar-refractivity contribution in [3.63, 3.8) is 0 Å². The molecule has 5 nitrogen and oxygen atoms in total. The van der Waals surface area contributed by atoms with E-state index >= 15 is 0 Å². The molecule has 2 unspecified atom stereocenters. The number of amides is 1.